The lowest BCUT2D eigenvalue weighted by molar-refractivity contribution is 0.223. The molecule has 152 valence electrons. The van der Waals surface area contributed by atoms with E-state index in [0.717, 1.165) is 37.8 Å². The zero-order chi connectivity index (χ0) is 20.1. The van der Waals surface area contributed by atoms with E-state index in [9.17, 15) is 0 Å². The molecule has 1 aliphatic rings. The Hall–Kier alpha value is -3.00. The minimum atomic E-state index is 0.597. The van der Waals surface area contributed by atoms with E-state index < -0.39 is 0 Å². The van der Waals surface area contributed by atoms with Crippen LogP contribution in [0.3, 0.4) is 0 Å². The van der Waals surface area contributed by atoms with Gasteiger partial charge in [0.25, 0.3) is 0 Å². The number of aryl methyl sites for hydroxylation is 1. The molecular weight excluding hydrogens is 368 g/mol. The molecule has 0 saturated carbocycles. The first-order chi connectivity index (χ1) is 14.2. The number of piperazine rings is 1. The summed E-state index contributed by atoms with van der Waals surface area (Å²) in [5.74, 6) is 2.68. The van der Waals surface area contributed by atoms with Gasteiger partial charge in [0.1, 0.15) is 0 Å². The third kappa shape index (κ3) is 5.08. The molecule has 8 nitrogen and oxygen atoms in total. The van der Waals surface area contributed by atoms with E-state index >= 15 is 0 Å². The van der Waals surface area contributed by atoms with E-state index in [1.165, 1.54) is 5.56 Å². The Morgan fingerprint density at radius 1 is 1.00 bits per heavy atom. The van der Waals surface area contributed by atoms with Crippen LogP contribution in [-0.2, 0) is 13.0 Å². The zero-order valence-corrected chi connectivity index (χ0v) is 16.9. The van der Waals surface area contributed by atoms with Gasteiger partial charge in [0, 0.05) is 37.9 Å². The van der Waals surface area contributed by atoms with Crippen LogP contribution >= 0.6 is 0 Å². The van der Waals surface area contributed by atoms with E-state index in [2.05, 4.69) is 42.1 Å². The SMILES string of the molecule is CCOc1cc(C)nc(N2CCN(Cc3nnc(Cc4ccccc4)o3)CC2)n1. The van der Waals surface area contributed by atoms with E-state index in [1.54, 1.807) is 0 Å². The second kappa shape index (κ2) is 9.00. The third-order valence-corrected chi connectivity index (χ3v) is 4.83. The molecule has 3 aromatic rings. The van der Waals surface area contributed by atoms with Crippen LogP contribution in [-0.4, -0.2) is 57.9 Å². The van der Waals surface area contributed by atoms with E-state index in [-0.39, 0.29) is 0 Å². The Bertz CT molecular complexity index is 922. The molecule has 1 aliphatic heterocycles. The summed E-state index contributed by atoms with van der Waals surface area (Å²) >= 11 is 0. The summed E-state index contributed by atoms with van der Waals surface area (Å²) in [5, 5.41) is 8.40. The van der Waals surface area contributed by atoms with Gasteiger partial charge in [-0.3, -0.25) is 4.90 Å². The number of hydrogen-bond acceptors (Lipinski definition) is 8. The van der Waals surface area contributed by atoms with Crippen LogP contribution < -0.4 is 9.64 Å². The van der Waals surface area contributed by atoms with Crippen LogP contribution in [0.25, 0.3) is 0 Å². The minimum absolute atomic E-state index is 0.597. The molecule has 0 spiro atoms. The summed E-state index contributed by atoms with van der Waals surface area (Å²) in [4.78, 5) is 13.6. The lowest BCUT2D eigenvalue weighted by Gasteiger charge is -2.34. The minimum Gasteiger partial charge on any atom is -0.478 e. The molecule has 8 heteroatoms. The lowest BCUT2D eigenvalue weighted by atomic mass is 10.2. The second-order valence-corrected chi connectivity index (χ2v) is 7.10. The fraction of sp³-hybridized carbons (Fsp3) is 0.429. The van der Waals surface area contributed by atoms with Crippen molar-refractivity contribution in [1.29, 1.82) is 0 Å². The molecule has 1 aromatic carbocycles. The summed E-state index contributed by atoms with van der Waals surface area (Å²) in [7, 11) is 0. The highest BCUT2D eigenvalue weighted by atomic mass is 16.5. The second-order valence-electron chi connectivity index (χ2n) is 7.10. The van der Waals surface area contributed by atoms with Crippen LogP contribution in [0.15, 0.2) is 40.8 Å². The lowest BCUT2D eigenvalue weighted by Crippen LogP contribution is -2.46. The average molecular weight is 394 g/mol. The third-order valence-electron chi connectivity index (χ3n) is 4.83. The first kappa shape index (κ1) is 19.3. The summed E-state index contributed by atoms with van der Waals surface area (Å²) in [6.07, 6.45) is 0.661. The van der Waals surface area contributed by atoms with Crippen molar-refractivity contribution < 1.29 is 9.15 Å². The van der Waals surface area contributed by atoms with Crippen LogP contribution in [0.1, 0.15) is 30.0 Å². The predicted molar refractivity (Wildman–Crippen MR) is 109 cm³/mol. The Balaban J connectivity index is 1.31. The van der Waals surface area contributed by atoms with Gasteiger partial charge in [-0.1, -0.05) is 30.3 Å². The van der Waals surface area contributed by atoms with Gasteiger partial charge < -0.3 is 14.1 Å². The van der Waals surface area contributed by atoms with E-state index in [0.29, 0.717) is 37.2 Å². The van der Waals surface area contributed by atoms with Crippen LogP contribution in [0.2, 0.25) is 0 Å². The molecule has 0 amide bonds. The Morgan fingerprint density at radius 3 is 2.52 bits per heavy atom. The van der Waals surface area contributed by atoms with Crippen molar-refractivity contribution in [2.45, 2.75) is 26.8 Å². The van der Waals surface area contributed by atoms with Gasteiger partial charge in [-0.15, -0.1) is 10.2 Å². The van der Waals surface area contributed by atoms with Crippen molar-refractivity contribution >= 4 is 5.95 Å². The van der Waals surface area contributed by atoms with Gasteiger partial charge in [0.05, 0.1) is 19.6 Å². The monoisotopic (exact) mass is 394 g/mol. The number of aromatic nitrogens is 4. The molecule has 2 aromatic heterocycles. The molecule has 0 aliphatic carbocycles. The molecule has 3 heterocycles. The first-order valence-electron chi connectivity index (χ1n) is 10.0. The topological polar surface area (TPSA) is 80.4 Å². The van der Waals surface area contributed by atoms with E-state index in [1.807, 2.05) is 38.1 Å². The zero-order valence-electron chi connectivity index (χ0n) is 16.9. The Morgan fingerprint density at radius 2 is 1.76 bits per heavy atom. The van der Waals surface area contributed by atoms with Crippen molar-refractivity contribution in [2.75, 3.05) is 37.7 Å². The largest absolute Gasteiger partial charge is 0.478 e. The highest BCUT2D eigenvalue weighted by Gasteiger charge is 2.21. The van der Waals surface area contributed by atoms with Gasteiger partial charge in [-0.25, -0.2) is 4.98 Å². The van der Waals surface area contributed by atoms with Crippen molar-refractivity contribution in [3.8, 4) is 5.88 Å². The van der Waals surface area contributed by atoms with Gasteiger partial charge in [-0.2, -0.15) is 4.98 Å². The number of nitrogens with zero attached hydrogens (tertiary/aromatic N) is 6. The molecule has 0 N–H and O–H groups in total. The molecule has 1 fully saturated rings. The van der Waals surface area contributed by atoms with Crippen molar-refractivity contribution in [3.63, 3.8) is 0 Å². The molecule has 29 heavy (non-hydrogen) atoms. The number of rotatable bonds is 7. The Kier molecular flexibility index (Phi) is 6.00. The van der Waals surface area contributed by atoms with Crippen LogP contribution in [0.5, 0.6) is 5.88 Å². The predicted octanol–water partition coefficient (Wildman–Crippen LogP) is 2.48. The molecule has 0 unspecified atom stereocenters. The molecular formula is C21H26N6O2. The molecule has 4 rings (SSSR count). The summed E-state index contributed by atoms with van der Waals surface area (Å²) in [6, 6.07) is 12.0. The highest BCUT2D eigenvalue weighted by molar-refractivity contribution is 5.35. The van der Waals surface area contributed by atoms with E-state index in [4.69, 9.17) is 9.15 Å². The average Bonchev–Trinajstić information content (AvgIpc) is 3.16. The number of hydrogen-bond donors (Lipinski definition) is 0. The van der Waals surface area contributed by atoms with Crippen molar-refractivity contribution in [3.05, 3.63) is 59.4 Å². The fourth-order valence-electron chi connectivity index (χ4n) is 3.38. The van der Waals surface area contributed by atoms with Crippen LogP contribution in [0, 0.1) is 6.92 Å². The smallest absolute Gasteiger partial charge is 0.230 e. The van der Waals surface area contributed by atoms with Gasteiger partial charge >= 0.3 is 0 Å². The van der Waals surface area contributed by atoms with Gasteiger partial charge in [0.2, 0.25) is 23.6 Å². The molecule has 0 atom stereocenters. The fourth-order valence-corrected chi connectivity index (χ4v) is 3.38. The molecule has 0 bridgehead atoms. The quantitative estimate of drug-likeness (QED) is 0.605. The van der Waals surface area contributed by atoms with Gasteiger partial charge in [0.15, 0.2) is 0 Å². The number of ether oxygens (including phenoxy) is 1. The number of benzene rings is 1. The normalized spacial score (nSPS) is 14.9. The van der Waals surface area contributed by atoms with Crippen LogP contribution in [0.4, 0.5) is 5.95 Å². The maximum Gasteiger partial charge on any atom is 0.230 e. The summed E-state index contributed by atoms with van der Waals surface area (Å²) in [6.45, 7) is 8.65. The standard InChI is InChI=1S/C21H26N6O2/c1-3-28-18-13-16(2)22-21(23-18)27-11-9-26(10-12-27)15-20-25-24-19(29-20)14-17-7-5-4-6-8-17/h4-8,13H,3,9-12,14-15H2,1-2H3. The van der Waals surface area contributed by atoms with Crippen molar-refractivity contribution in [1.82, 2.24) is 25.1 Å². The van der Waals surface area contributed by atoms with Gasteiger partial charge in [-0.05, 0) is 19.4 Å². The molecule has 0 radical (unpaired) electrons. The molecule has 1 saturated heterocycles. The highest BCUT2D eigenvalue weighted by Crippen LogP contribution is 2.18. The number of anilines is 1. The maximum absolute atomic E-state index is 5.84. The van der Waals surface area contributed by atoms with Crippen molar-refractivity contribution in [2.24, 2.45) is 0 Å². The summed E-state index contributed by atoms with van der Waals surface area (Å²) in [5.41, 5.74) is 2.08. The maximum atomic E-state index is 5.84. The first-order valence-corrected chi connectivity index (χ1v) is 10.0. The Labute approximate surface area is 170 Å². The summed E-state index contributed by atoms with van der Waals surface area (Å²) < 4.78 is 11.4.